The summed E-state index contributed by atoms with van der Waals surface area (Å²) in [6.45, 7) is 4.09. The van der Waals surface area contributed by atoms with Gasteiger partial charge in [-0.15, -0.1) is 0 Å². The third kappa shape index (κ3) is 3.75. The Balaban J connectivity index is 2.92. The summed E-state index contributed by atoms with van der Waals surface area (Å²) in [6.07, 6.45) is 0.704. The van der Waals surface area contributed by atoms with Crippen LogP contribution >= 0.6 is 7.14 Å². The zero-order chi connectivity index (χ0) is 12.2. The van der Waals surface area contributed by atoms with Crippen molar-refractivity contribution in [3.8, 4) is 0 Å². The highest BCUT2D eigenvalue weighted by atomic mass is 31.2. The number of hydrogen-bond donors (Lipinski definition) is 1. The molecule has 0 heterocycles. The van der Waals surface area contributed by atoms with Gasteiger partial charge in [-0.3, -0.25) is 0 Å². The quantitative estimate of drug-likeness (QED) is 0.794. The summed E-state index contributed by atoms with van der Waals surface area (Å²) in [5.41, 5.74) is 6.98. The van der Waals surface area contributed by atoms with Crippen LogP contribution in [0, 0.1) is 0 Å². The highest BCUT2D eigenvalue weighted by Gasteiger charge is 2.16. The van der Waals surface area contributed by atoms with E-state index in [4.69, 9.17) is 10.5 Å². The summed E-state index contributed by atoms with van der Waals surface area (Å²) in [5, 5.41) is 0.932. The van der Waals surface area contributed by atoms with Gasteiger partial charge in [-0.1, -0.05) is 24.3 Å². The fourth-order valence-electron chi connectivity index (χ4n) is 1.76. The fraction of sp³-hybridized carbons (Fsp3) is 0.500. The van der Waals surface area contributed by atoms with Crippen LogP contribution in [0.2, 0.25) is 0 Å². The molecular formula is C12H20NO2P. The first-order valence-corrected chi connectivity index (χ1v) is 7.93. The van der Waals surface area contributed by atoms with E-state index in [1.807, 2.05) is 24.3 Å². The van der Waals surface area contributed by atoms with Crippen molar-refractivity contribution >= 4 is 12.4 Å². The second-order valence-electron chi connectivity index (χ2n) is 4.40. The first kappa shape index (κ1) is 13.4. The largest absolute Gasteiger partial charge is 0.383 e. The predicted octanol–water partition coefficient (Wildman–Crippen LogP) is 1.45. The minimum absolute atomic E-state index is 0.0438. The first-order chi connectivity index (χ1) is 7.45. The molecule has 16 heavy (non-hydrogen) atoms. The number of ether oxygens (including phenoxy) is 1. The molecule has 90 valence electrons. The molecule has 1 aromatic carbocycles. The summed E-state index contributed by atoms with van der Waals surface area (Å²) in [4.78, 5) is 0. The topological polar surface area (TPSA) is 52.3 Å². The Bertz CT molecular complexity index is 386. The number of hydrogen-bond acceptors (Lipinski definition) is 3. The van der Waals surface area contributed by atoms with Crippen molar-refractivity contribution in [2.24, 2.45) is 5.73 Å². The molecule has 2 N–H and O–H groups in total. The lowest BCUT2D eigenvalue weighted by atomic mass is 10.1. The van der Waals surface area contributed by atoms with Gasteiger partial charge in [0.15, 0.2) is 0 Å². The van der Waals surface area contributed by atoms with E-state index in [0.29, 0.717) is 13.0 Å². The zero-order valence-electron chi connectivity index (χ0n) is 10.1. The Morgan fingerprint density at radius 2 is 2.00 bits per heavy atom. The van der Waals surface area contributed by atoms with E-state index >= 15 is 0 Å². The van der Waals surface area contributed by atoms with Crippen molar-refractivity contribution in [3.05, 3.63) is 29.8 Å². The molecule has 0 radical (unpaired) electrons. The number of nitrogens with two attached hydrogens (primary N) is 1. The molecule has 0 aliphatic rings. The molecule has 1 aromatic rings. The summed E-state index contributed by atoms with van der Waals surface area (Å²) < 4.78 is 17.1. The maximum Gasteiger partial charge on any atom is 0.110 e. The molecule has 0 saturated carbocycles. The minimum atomic E-state index is -2.23. The fourth-order valence-corrected chi connectivity index (χ4v) is 3.07. The maximum absolute atomic E-state index is 12.1. The predicted molar refractivity (Wildman–Crippen MR) is 69.1 cm³/mol. The van der Waals surface area contributed by atoms with Crippen LogP contribution in [0.4, 0.5) is 0 Å². The van der Waals surface area contributed by atoms with Crippen molar-refractivity contribution in [2.45, 2.75) is 12.5 Å². The lowest BCUT2D eigenvalue weighted by Crippen LogP contribution is -2.30. The van der Waals surface area contributed by atoms with Gasteiger partial charge in [0.05, 0.1) is 6.61 Å². The molecule has 1 atom stereocenters. The van der Waals surface area contributed by atoms with Crippen LogP contribution < -0.4 is 11.0 Å². The Morgan fingerprint density at radius 1 is 1.38 bits per heavy atom. The Kier molecular flexibility index (Phi) is 4.72. The number of benzene rings is 1. The van der Waals surface area contributed by atoms with Crippen molar-refractivity contribution in [2.75, 3.05) is 27.0 Å². The van der Waals surface area contributed by atoms with Gasteiger partial charge in [0.1, 0.15) is 7.14 Å². The van der Waals surface area contributed by atoms with Gasteiger partial charge in [-0.05, 0) is 25.3 Å². The molecule has 0 spiro atoms. The maximum atomic E-state index is 12.1. The van der Waals surface area contributed by atoms with Crippen LogP contribution in [0.5, 0.6) is 0 Å². The molecule has 1 unspecified atom stereocenters. The molecule has 0 aromatic heterocycles. The molecule has 0 bridgehead atoms. The molecule has 1 rings (SSSR count). The molecule has 0 aliphatic carbocycles. The van der Waals surface area contributed by atoms with E-state index in [2.05, 4.69) is 0 Å². The highest BCUT2D eigenvalue weighted by Crippen LogP contribution is 2.36. The van der Waals surface area contributed by atoms with Gasteiger partial charge in [-0.2, -0.15) is 0 Å². The molecule has 0 saturated heterocycles. The number of methoxy groups -OCH3 is 1. The Hall–Kier alpha value is -0.630. The summed E-state index contributed by atoms with van der Waals surface area (Å²) in [7, 11) is -0.592. The van der Waals surface area contributed by atoms with E-state index in [1.165, 1.54) is 0 Å². The van der Waals surface area contributed by atoms with Gasteiger partial charge in [0, 0.05) is 18.5 Å². The van der Waals surface area contributed by atoms with E-state index in [9.17, 15) is 4.57 Å². The van der Waals surface area contributed by atoms with E-state index in [-0.39, 0.29) is 6.04 Å². The van der Waals surface area contributed by atoms with Crippen molar-refractivity contribution in [3.63, 3.8) is 0 Å². The van der Waals surface area contributed by atoms with Crippen LogP contribution in [-0.4, -0.2) is 33.1 Å². The lowest BCUT2D eigenvalue weighted by molar-refractivity contribution is 0.180. The molecule has 0 fully saturated rings. The van der Waals surface area contributed by atoms with Gasteiger partial charge in [0.2, 0.25) is 0 Å². The van der Waals surface area contributed by atoms with Crippen molar-refractivity contribution < 1.29 is 9.30 Å². The molecular weight excluding hydrogens is 221 g/mol. The van der Waals surface area contributed by atoms with E-state index in [1.54, 1.807) is 20.4 Å². The second-order valence-corrected chi connectivity index (χ2v) is 7.58. The van der Waals surface area contributed by atoms with Crippen LogP contribution in [0.3, 0.4) is 0 Å². The average Bonchev–Trinajstić information content (AvgIpc) is 2.17. The summed E-state index contributed by atoms with van der Waals surface area (Å²) in [6, 6.07) is 7.74. The number of rotatable bonds is 5. The first-order valence-electron chi connectivity index (χ1n) is 5.33. The lowest BCUT2D eigenvalue weighted by Gasteiger charge is -2.16. The highest BCUT2D eigenvalue weighted by molar-refractivity contribution is 7.70. The normalized spacial score (nSPS) is 13.8. The summed E-state index contributed by atoms with van der Waals surface area (Å²) in [5.74, 6) is 0. The third-order valence-corrected chi connectivity index (χ3v) is 4.03. The SMILES string of the molecule is COCC(N)Cc1ccccc1P(C)(C)=O. The molecule has 4 heteroatoms. The minimum Gasteiger partial charge on any atom is -0.383 e. The second kappa shape index (κ2) is 5.62. The van der Waals surface area contributed by atoms with E-state index in [0.717, 1.165) is 10.9 Å². The Labute approximate surface area is 97.4 Å². The summed E-state index contributed by atoms with van der Waals surface area (Å²) >= 11 is 0. The molecule has 0 aliphatic heterocycles. The van der Waals surface area contributed by atoms with Gasteiger partial charge in [0.25, 0.3) is 0 Å². The van der Waals surface area contributed by atoms with Crippen molar-refractivity contribution in [1.82, 2.24) is 0 Å². The average molecular weight is 241 g/mol. The zero-order valence-corrected chi connectivity index (χ0v) is 11.0. The Morgan fingerprint density at radius 3 is 2.56 bits per heavy atom. The van der Waals surface area contributed by atoms with Crippen LogP contribution in [0.25, 0.3) is 0 Å². The third-order valence-electron chi connectivity index (χ3n) is 2.43. The van der Waals surface area contributed by atoms with Crippen LogP contribution in [-0.2, 0) is 15.7 Å². The van der Waals surface area contributed by atoms with Crippen LogP contribution in [0.15, 0.2) is 24.3 Å². The monoisotopic (exact) mass is 241 g/mol. The molecule has 0 amide bonds. The van der Waals surface area contributed by atoms with E-state index < -0.39 is 7.14 Å². The van der Waals surface area contributed by atoms with Gasteiger partial charge < -0.3 is 15.0 Å². The van der Waals surface area contributed by atoms with Crippen LogP contribution in [0.1, 0.15) is 5.56 Å². The standard InChI is InChI=1S/C12H20NO2P/c1-15-9-11(13)8-10-6-4-5-7-12(10)16(2,3)14/h4-7,11H,8-9,13H2,1-3H3. The van der Waals surface area contributed by atoms with Gasteiger partial charge in [-0.25, -0.2) is 0 Å². The molecule has 3 nitrogen and oxygen atoms in total. The van der Waals surface area contributed by atoms with Gasteiger partial charge >= 0.3 is 0 Å². The smallest absolute Gasteiger partial charge is 0.110 e. The van der Waals surface area contributed by atoms with Crippen molar-refractivity contribution in [1.29, 1.82) is 0 Å².